The van der Waals surface area contributed by atoms with E-state index in [0.29, 0.717) is 77.5 Å². The fourth-order valence-corrected chi connectivity index (χ4v) is 8.36. The molecule has 0 aromatic rings. The molecule has 0 spiro atoms. The Balaban J connectivity index is 0.00000163. The molecule has 0 aromatic carbocycles. The standard InChI is InChI=1S/C28H51N9O7.C24H47N9O6/c1-16(2)22(27(44)37-23(40)17-9-4-3-5-10-17)36-26(43)20(15-21(38)39)35-25(42)19(12-6-7-13-29)34-24(41)18(30)11-8-14-33-28(31)32;1-13(2)19(23(39)30-14(3)4)33-22(38)17(12-18(34)35)32-21(37)16(9-5-6-10-25)31-20(36)15(26)8-7-11-29-24(27)28/h16-20,22H,3-15,29-30H2,1-2H3,(H,34,41)(H,35,42)(H,36,43)(H,38,39)(H4,31,32,33)(H,37,40,44);13-17,19H,5-12,25-26H2,1-4H3,(H,30,39)(H,31,36)(H,32,37)(H,33,38)(H,34,35)(H4,27,28,29)/t18-,19-,20-,22-;15-,16-,17-,19-/m00/s1. The van der Waals surface area contributed by atoms with E-state index >= 15 is 0 Å². The van der Waals surface area contributed by atoms with Gasteiger partial charge in [0.2, 0.25) is 53.2 Å². The molecule has 1 saturated carbocycles. The molecule has 1 rings (SSSR count). The second kappa shape index (κ2) is 41.7. The summed E-state index contributed by atoms with van der Waals surface area (Å²) in [5.74, 6) is -10.3. The summed E-state index contributed by atoms with van der Waals surface area (Å²) < 4.78 is 0. The van der Waals surface area contributed by atoms with Crippen LogP contribution in [-0.2, 0) is 52.7 Å². The maximum absolute atomic E-state index is 13.3. The number of guanidine groups is 2. The van der Waals surface area contributed by atoms with E-state index in [2.05, 4.69) is 53.2 Å². The van der Waals surface area contributed by atoms with Gasteiger partial charge in [0.05, 0.1) is 24.9 Å². The zero-order valence-electron chi connectivity index (χ0n) is 49.1. The molecule has 31 nitrogen and oxygen atoms in total. The van der Waals surface area contributed by atoms with Gasteiger partial charge in [0, 0.05) is 25.0 Å². The molecule has 0 bridgehead atoms. The molecular formula is C52H98N18O13. The fourth-order valence-electron chi connectivity index (χ4n) is 8.36. The molecule has 31 heteroatoms. The minimum atomic E-state index is -1.58. The first-order valence-electron chi connectivity index (χ1n) is 28.4. The lowest BCUT2D eigenvalue weighted by molar-refractivity contribution is -0.142. The highest BCUT2D eigenvalue weighted by Gasteiger charge is 2.36. The van der Waals surface area contributed by atoms with Gasteiger partial charge < -0.3 is 92.5 Å². The van der Waals surface area contributed by atoms with Crippen LogP contribution in [0.25, 0.3) is 0 Å². The van der Waals surface area contributed by atoms with Gasteiger partial charge in [0.1, 0.15) is 36.3 Å². The molecule has 1 fully saturated rings. The van der Waals surface area contributed by atoms with E-state index in [-0.39, 0.29) is 55.5 Å². The van der Waals surface area contributed by atoms with Crippen LogP contribution in [0.1, 0.15) is 151 Å². The summed E-state index contributed by atoms with van der Waals surface area (Å²) in [6.07, 6.45) is 6.38. The molecule has 0 heterocycles. The maximum atomic E-state index is 13.3. The Morgan fingerprint density at radius 3 is 1.16 bits per heavy atom. The van der Waals surface area contributed by atoms with E-state index in [1.807, 2.05) is 0 Å². The molecule has 0 radical (unpaired) electrons. The van der Waals surface area contributed by atoms with E-state index in [1.165, 1.54) is 0 Å². The van der Waals surface area contributed by atoms with E-state index in [4.69, 9.17) is 45.2 Å². The van der Waals surface area contributed by atoms with Crippen molar-refractivity contribution in [3.8, 4) is 0 Å². The van der Waals surface area contributed by atoms with Gasteiger partial charge in [-0.1, -0.05) is 47.0 Å². The summed E-state index contributed by atoms with van der Waals surface area (Å²) in [4.78, 5) is 139. The number of carbonyl (C=O) groups is 11. The Labute approximate surface area is 486 Å². The third kappa shape index (κ3) is 33.5. The highest BCUT2D eigenvalue weighted by atomic mass is 16.4. The maximum Gasteiger partial charge on any atom is 0.305 e. The molecule has 8 atom stereocenters. The Hall–Kier alpha value is -7.25. The van der Waals surface area contributed by atoms with Gasteiger partial charge in [0.25, 0.3) is 0 Å². The predicted octanol–water partition coefficient (Wildman–Crippen LogP) is -3.67. The number of rotatable bonds is 38. The lowest BCUT2D eigenvalue weighted by atomic mass is 9.88. The Morgan fingerprint density at radius 2 is 0.819 bits per heavy atom. The topological polar surface area (TPSA) is 552 Å². The average Bonchev–Trinajstić information content (AvgIpc) is 3.47. The molecule has 83 heavy (non-hydrogen) atoms. The van der Waals surface area contributed by atoms with Crippen molar-refractivity contribution in [1.29, 1.82) is 10.8 Å². The van der Waals surface area contributed by atoms with Crippen molar-refractivity contribution in [3.05, 3.63) is 0 Å². The van der Waals surface area contributed by atoms with E-state index in [0.717, 1.165) is 19.3 Å². The predicted molar refractivity (Wildman–Crippen MR) is 309 cm³/mol. The monoisotopic (exact) mass is 1180 g/mol. The van der Waals surface area contributed by atoms with E-state index in [9.17, 15) is 63.0 Å². The first-order chi connectivity index (χ1) is 38.9. The SMILES string of the molecule is CC(C)NC(=O)[C@@H](NC(=O)[C@H](CC(=O)O)NC(=O)[C@H](CCCCN)NC(=O)[C@@H](N)CCCNC(=N)N)C(C)C.CC(C)[C@H](NC(=O)[C@H](CC(=O)O)NC(=O)[C@H](CCCCN)NC(=O)[C@@H](N)CCCNC(=N)N)C(=O)NC(=O)C1CCCCC1. The van der Waals surface area contributed by atoms with Crippen molar-refractivity contribution in [3.63, 3.8) is 0 Å². The summed E-state index contributed by atoms with van der Waals surface area (Å²) in [5, 5.41) is 58.3. The van der Waals surface area contributed by atoms with Crippen molar-refractivity contribution in [1.82, 2.24) is 53.2 Å². The molecule has 0 aliphatic heterocycles. The average molecular weight is 1180 g/mol. The highest BCUT2D eigenvalue weighted by molar-refractivity contribution is 6.02. The number of carboxylic acid groups (broad SMARTS) is 2. The van der Waals surface area contributed by atoms with Crippen LogP contribution in [0.15, 0.2) is 0 Å². The van der Waals surface area contributed by atoms with Gasteiger partial charge >= 0.3 is 11.9 Å². The van der Waals surface area contributed by atoms with Crippen LogP contribution >= 0.6 is 0 Å². The second-order valence-corrected chi connectivity index (χ2v) is 21.5. The number of nitrogens with one attached hydrogen (secondary N) is 12. The third-order valence-electron chi connectivity index (χ3n) is 13.0. The second-order valence-electron chi connectivity index (χ2n) is 21.5. The van der Waals surface area contributed by atoms with Crippen LogP contribution in [0.2, 0.25) is 0 Å². The minimum Gasteiger partial charge on any atom is -0.481 e. The third-order valence-corrected chi connectivity index (χ3v) is 13.0. The van der Waals surface area contributed by atoms with Crippen LogP contribution in [-0.4, -0.2) is 168 Å². The molecule has 474 valence electrons. The van der Waals surface area contributed by atoms with Crippen LogP contribution in [0, 0.1) is 28.6 Å². The summed E-state index contributed by atoms with van der Waals surface area (Å²) >= 11 is 0. The van der Waals surface area contributed by atoms with Gasteiger partial charge in [0.15, 0.2) is 11.9 Å². The number of amides is 9. The number of hydrogen-bond donors (Lipinski definition) is 20. The number of nitrogens with two attached hydrogens (primary N) is 6. The van der Waals surface area contributed by atoms with E-state index < -0.39 is 132 Å². The molecule has 26 N–H and O–H groups in total. The van der Waals surface area contributed by atoms with Crippen LogP contribution < -0.4 is 87.6 Å². The Morgan fingerprint density at radius 1 is 0.458 bits per heavy atom. The zero-order valence-corrected chi connectivity index (χ0v) is 49.1. The van der Waals surface area contributed by atoms with Crippen molar-refractivity contribution >= 4 is 77.0 Å². The van der Waals surface area contributed by atoms with Gasteiger partial charge in [-0.2, -0.15) is 0 Å². The van der Waals surface area contributed by atoms with Crippen molar-refractivity contribution in [2.45, 2.75) is 205 Å². The van der Waals surface area contributed by atoms with Gasteiger partial charge in [-0.15, -0.1) is 0 Å². The van der Waals surface area contributed by atoms with E-state index in [1.54, 1.807) is 41.5 Å². The van der Waals surface area contributed by atoms with Crippen molar-refractivity contribution < 1.29 is 63.0 Å². The van der Waals surface area contributed by atoms with Crippen LogP contribution in [0.5, 0.6) is 0 Å². The largest absolute Gasteiger partial charge is 0.481 e. The number of carbonyl (C=O) groups excluding carboxylic acids is 9. The quantitative estimate of drug-likeness (QED) is 0.0161. The summed E-state index contributed by atoms with van der Waals surface area (Å²) in [5.41, 5.74) is 33.5. The van der Waals surface area contributed by atoms with Crippen LogP contribution in [0.3, 0.4) is 0 Å². The summed E-state index contributed by atoms with van der Waals surface area (Å²) in [6.45, 7) is 11.7. The molecule has 1 aliphatic carbocycles. The molecule has 1 aliphatic rings. The normalized spacial score (nSPS) is 15.1. The van der Waals surface area contributed by atoms with Crippen molar-refractivity contribution in [2.75, 3.05) is 26.2 Å². The molecule has 0 aromatic heterocycles. The highest BCUT2D eigenvalue weighted by Crippen LogP contribution is 2.24. The molecule has 0 unspecified atom stereocenters. The molecule has 9 amide bonds. The number of imide groups is 1. The summed E-state index contributed by atoms with van der Waals surface area (Å²) in [6, 6.07) is -9.55. The number of carboxylic acids is 2. The zero-order chi connectivity index (χ0) is 63.4. The molecular weight excluding hydrogens is 1080 g/mol. The number of aliphatic carboxylic acids is 2. The first-order valence-corrected chi connectivity index (χ1v) is 28.4. The van der Waals surface area contributed by atoms with Crippen molar-refractivity contribution in [2.24, 2.45) is 52.2 Å². The van der Waals surface area contributed by atoms with Gasteiger partial charge in [-0.05, 0) is 116 Å². The Bertz CT molecular complexity index is 2130. The lowest BCUT2D eigenvalue weighted by Crippen LogP contribution is -2.59. The number of hydrogen-bond acceptors (Lipinski definition) is 17. The Kier molecular flexibility index (Phi) is 38.1. The summed E-state index contributed by atoms with van der Waals surface area (Å²) in [7, 11) is 0. The lowest BCUT2D eigenvalue weighted by Gasteiger charge is -2.27. The van der Waals surface area contributed by atoms with Gasteiger partial charge in [-0.25, -0.2) is 0 Å². The minimum absolute atomic E-state index is 0.148. The first kappa shape index (κ1) is 75.8. The van der Waals surface area contributed by atoms with Gasteiger partial charge in [-0.3, -0.25) is 68.9 Å². The molecule has 0 saturated heterocycles. The van der Waals surface area contributed by atoms with Crippen LogP contribution in [0.4, 0.5) is 0 Å². The fraction of sp³-hybridized carbons (Fsp3) is 0.750. The smallest absolute Gasteiger partial charge is 0.305 e. The number of unbranched alkanes of at least 4 members (excludes halogenated alkanes) is 2.